The van der Waals surface area contributed by atoms with Gasteiger partial charge in [0.2, 0.25) is 0 Å². The predicted octanol–water partition coefficient (Wildman–Crippen LogP) is 4.47. The van der Waals surface area contributed by atoms with Gasteiger partial charge in [0.05, 0.1) is 11.6 Å². The molecular weight excluding hydrogens is 337 g/mol. The zero-order valence-electron chi connectivity index (χ0n) is 12.0. The van der Waals surface area contributed by atoms with Crippen LogP contribution in [0.25, 0.3) is 0 Å². The lowest BCUT2D eigenvalue weighted by molar-refractivity contribution is 0.102. The van der Waals surface area contributed by atoms with Crippen LogP contribution >= 0.6 is 15.9 Å². The maximum atomic E-state index is 13.6. The van der Waals surface area contributed by atoms with Crippen molar-refractivity contribution >= 4 is 27.5 Å². The van der Waals surface area contributed by atoms with Crippen molar-refractivity contribution in [1.29, 1.82) is 0 Å². The van der Waals surface area contributed by atoms with E-state index in [1.807, 2.05) is 13.0 Å². The van der Waals surface area contributed by atoms with E-state index >= 15 is 0 Å². The van der Waals surface area contributed by atoms with Crippen molar-refractivity contribution in [3.8, 4) is 5.75 Å². The first kappa shape index (κ1) is 15.5. The molecule has 110 valence electrons. The summed E-state index contributed by atoms with van der Waals surface area (Å²) in [5.41, 5.74) is 2.62. The zero-order chi connectivity index (χ0) is 15.6. The van der Waals surface area contributed by atoms with E-state index in [4.69, 9.17) is 4.74 Å². The minimum atomic E-state index is -0.419. The van der Waals surface area contributed by atoms with Crippen LogP contribution in [0.15, 0.2) is 34.8 Å². The molecule has 0 saturated heterocycles. The Bertz CT molecular complexity index is 701. The number of ether oxygens (including phenoxy) is 1. The molecule has 1 N–H and O–H groups in total. The first-order valence-corrected chi connectivity index (χ1v) is 7.13. The fraction of sp³-hybridized carbons (Fsp3) is 0.188. The molecule has 2 rings (SSSR count). The molecule has 0 radical (unpaired) electrons. The van der Waals surface area contributed by atoms with Crippen LogP contribution in [0.2, 0.25) is 0 Å². The molecule has 2 aromatic rings. The van der Waals surface area contributed by atoms with Crippen molar-refractivity contribution in [3.63, 3.8) is 0 Å². The van der Waals surface area contributed by atoms with E-state index in [2.05, 4.69) is 21.2 Å². The summed E-state index contributed by atoms with van der Waals surface area (Å²) in [4.78, 5) is 12.2. The summed E-state index contributed by atoms with van der Waals surface area (Å²) in [6, 6.07) is 8.10. The summed E-state index contributed by atoms with van der Waals surface area (Å²) in [5.74, 6) is -0.0862. The summed E-state index contributed by atoms with van der Waals surface area (Å²) >= 11 is 3.11. The molecule has 0 aliphatic heterocycles. The summed E-state index contributed by atoms with van der Waals surface area (Å²) in [7, 11) is 1.55. The number of rotatable bonds is 3. The first-order chi connectivity index (χ1) is 9.92. The molecule has 0 atom stereocenters. The Labute approximate surface area is 131 Å². The van der Waals surface area contributed by atoms with Crippen molar-refractivity contribution in [2.45, 2.75) is 13.8 Å². The molecule has 0 fully saturated rings. The van der Waals surface area contributed by atoms with Crippen molar-refractivity contribution < 1.29 is 13.9 Å². The number of aryl methyl sites for hydroxylation is 2. The topological polar surface area (TPSA) is 38.3 Å². The van der Waals surface area contributed by atoms with Gasteiger partial charge in [0, 0.05) is 11.3 Å². The number of amides is 1. The highest BCUT2D eigenvalue weighted by Crippen LogP contribution is 2.25. The van der Waals surface area contributed by atoms with E-state index in [1.165, 1.54) is 6.07 Å². The van der Waals surface area contributed by atoms with Gasteiger partial charge >= 0.3 is 0 Å². The summed E-state index contributed by atoms with van der Waals surface area (Å²) < 4.78 is 19.1. The Morgan fingerprint density at radius 1 is 1.19 bits per heavy atom. The van der Waals surface area contributed by atoms with Crippen LogP contribution in [-0.2, 0) is 0 Å². The zero-order valence-corrected chi connectivity index (χ0v) is 13.5. The van der Waals surface area contributed by atoms with Gasteiger partial charge < -0.3 is 10.1 Å². The van der Waals surface area contributed by atoms with Crippen LogP contribution in [0.1, 0.15) is 21.5 Å². The van der Waals surface area contributed by atoms with E-state index in [1.54, 1.807) is 32.2 Å². The van der Waals surface area contributed by atoms with Gasteiger partial charge in [-0.25, -0.2) is 4.39 Å². The monoisotopic (exact) mass is 351 g/mol. The molecule has 5 heteroatoms. The molecule has 0 aromatic heterocycles. The fourth-order valence-corrected chi connectivity index (χ4v) is 2.39. The fourth-order valence-electron chi connectivity index (χ4n) is 1.94. The van der Waals surface area contributed by atoms with Crippen LogP contribution in [0.5, 0.6) is 5.75 Å². The lowest BCUT2D eigenvalue weighted by Gasteiger charge is -2.11. The number of carbonyl (C=O) groups is 1. The number of carbonyl (C=O) groups excluding carboxylic acids is 1. The van der Waals surface area contributed by atoms with Gasteiger partial charge in [-0.05, 0) is 65.2 Å². The van der Waals surface area contributed by atoms with Crippen molar-refractivity contribution in [2.75, 3.05) is 12.4 Å². The number of nitrogens with one attached hydrogen (secondary N) is 1. The molecule has 1 amide bonds. The van der Waals surface area contributed by atoms with E-state index in [9.17, 15) is 9.18 Å². The normalized spacial score (nSPS) is 10.3. The highest BCUT2D eigenvalue weighted by atomic mass is 79.9. The second-order valence-electron chi connectivity index (χ2n) is 4.72. The van der Waals surface area contributed by atoms with Gasteiger partial charge in [-0.3, -0.25) is 4.79 Å². The Kier molecular flexibility index (Phi) is 4.63. The third-order valence-electron chi connectivity index (χ3n) is 3.19. The van der Waals surface area contributed by atoms with Crippen LogP contribution < -0.4 is 10.1 Å². The Morgan fingerprint density at radius 3 is 2.57 bits per heavy atom. The van der Waals surface area contributed by atoms with Gasteiger partial charge in [-0.2, -0.15) is 0 Å². The van der Waals surface area contributed by atoms with Crippen LogP contribution in [0.3, 0.4) is 0 Å². The van der Waals surface area contributed by atoms with E-state index in [-0.39, 0.29) is 5.91 Å². The third kappa shape index (κ3) is 3.42. The van der Waals surface area contributed by atoms with Crippen LogP contribution in [-0.4, -0.2) is 13.0 Å². The van der Waals surface area contributed by atoms with E-state index < -0.39 is 5.82 Å². The second kappa shape index (κ2) is 6.26. The van der Waals surface area contributed by atoms with Crippen molar-refractivity contribution in [3.05, 3.63) is 57.3 Å². The highest BCUT2D eigenvalue weighted by Gasteiger charge is 2.12. The molecule has 0 bridgehead atoms. The van der Waals surface area contributed by atoms with Crippen molar-refractivity contribution in [1.82, 2.24) is 0 Å². The Morgan fingerprint density at radius 2 is 1.90 bits per heavy atom. The summed E-state index contributed by atoms with van der Waals surface area (Å²) in [5, 5.41) is 2.71. The lowest BCUT2D eigenvalue weighted by atomic mass is 10.1. The van der Waals surface area contributed by atoms with Gasteiger partial charge in [0.15, 0.2) is 0 Å². The number of halogens is 2. The quantitative estimate of drug-likeness (QED) is 0.885. The number of methoxy groups -OCH3 is 1. The SMILES string of the molecule is COc1cc(C(=O)Nc2cc(F)c(Br)cc2C)ccc1C. The molecule has 3 nitrogen and oxygen atoms in total. The van der Waals surface area contributed by atoms with Crippen LogP contribution in [0, 0.1) is 19.7 Å². The maximum Gasteiger partial charge on any atom is 0.255 e. The molecule has 0 heterocycles. The molecule has 0 aliphatic rings. The minimum absolute atomic E-state index is 0.307. The lowest BCUT2D eigenvalue weighted by Crippen LogP contribution is -2.13. The molecule has 0 aliphatic carbocycles. The minimum Gasteiger partial charge on any atom is -0.496 e. The number of hydrogen-bond donors (Lipinski definition) is 1. The average Bonchev–Trinajstić information content (AvgIpc) is 2.45. The second-order valence-corrected chi connectivity index (χ2v) is 5.57. The maximum absolute atomic E-state index is 13.6. The Balaban J connectivity index is 2.28. The smallest absolute Gasteiger partial charge is 0.255 e. The van der Waals surface area contributed by atoms with Crippen molar-refractivity contribution in [2.24, 2.45) is 0 Å². The number of hydrogen-bond acceptors (Lipinski definition) is 2. The third-order valence-corrected chi connectivity index (χ3v) is 3.79. The molecule has 2 aromatic carbocycles. The molecular formula is C16H15BrFNO2. The molecule has 0 spiro atoms. The number of benzene rings is 2. The standard InChI is InChI=1S/C16H15BrFNO2/c1-9-4-5-11(7-15(9)21-3)16(20)19-14-8-13(18)12(17)6-10(14)2/h4-8H,1-3H3,(H,19,20). The van der Waals surface area contributed by atoms with Gasteiger partial charge in [0.1, 0.15) is 11.6 Å². The molecule has 0 unspecified atom stereocenters. The van der Waals surface area contributed by atoms with Gasteiger partial charge in [-0.1, -0.05) is 6.07 Å². The predicted molar refractivity (Wildman–Crippen MR) is 84.5 cm³/mol. The first-order valence-electron chi connectivity index (χ1n) is 6.34. The number of anilines is 1. The van der Waals surface area contributed by atoms with Gasteiger partial charge in [-0.15, -0.1) is 0 Å². The average molecular weight is 352 g/mol. The van der Waals surface area contributed by atoms with E-state index in [0.717, 1.165) is 11.1 Å². The van der Waals surface area contributed by atoms with E-state index in [0.29, 0.717) is 21.5 Å². The largest absolute Gasteiger partial charge is 0.496 e. The Hall–Kier alpha value is -1.88. The molecule has 0 saturated carbocycles. The van der Waals surface area contributed by atoms with Crippen LogP contribution in [0.4, 0.5) is 10.1 Å². The molecule has 21 heavy (non-hydrogen) atoms. The summed E-state index contributed by atoms with van der Waals surface area (Å²) in [6.07, 6.45) is 0. The highest BCUT2D eigenvalue weighted by molar-refractivity contribution is 9.10. The summed E-state index contributed by atoms with van der Waals surface area (Å²) in [6.45, 7) is 3.70. The van der Waals surface area contributed by atoms with Gasteiger partial charge in [0.25, 0.3) is 5.91 Å².